The average molecular weight is 307 g/mol. The van der Waals surface area contributed by atoms with Gasteiger partial charge in [-0.25, -0.2) is 0 Å². The van der Waals surface area contributed by atoms with Crippen molar-refractivity contribution in [3.8, 4) is 5.75 Å². The Morgan fingerprint density at radius 3 is 2.44 bits per heavy atom. The van der Waals surface area contributed by atoms with Gasteiger partial charge in [-0.15, -0.1) is 0 Å². The molecule has 0 amide bonds. The summed E-state index contributed by atoms with van der Waals surface area (Å²) in [4.78, 5) is 0.425. The summed E-state index contributed by atoms with van der Waals surface area (Å²) in [5, 5.41) is 2.49. The lowest BCUT2D eigenvalue weighted by atomic mass is 9.96. The van der Waals surface area contributed by atoms with Gasteiger partial charge >= 0.3 is 0 Å². The number of hydrogen-bond acceptors (Lipinski definition) is 1. The van der Waals surface area contributed by atoms with Crippen LogP contribution in [0.5, 0.6) is 5.75 Å². The van der Waals surface area contributed by atoms with Crippen molar-refractivity contribution >= 4 is 26.7 Å². The van der Waals surface area contributed by atoms with Gasteiger partial charge in [0.05, 0.1) is 7.11 Å². The lowest BCUT2D eigenvalue weighted by Gasteiger charge is -2.17. The van der Waals surface area contributed by atoms with E-state index in [0.717, 1.165) is 5.75 Å². The lowest BCUT2D eigenvalue weighted by molar-refractivity contribution is 0.415. The van der Waals surface area contributed by atoms with Crippen molar-refractivity contribution in [1.29, 1.82) is 0 Å². The fraction of sp³-hybridized carbons (Fsp3) is 0.375. The molecule has 18 heavy (non-hydrogen) atoms. The number of methoxy groups -OCH3 is 1. The standard InChI is InChI=1S/C16H19BrO/c1-4-11(2)16(17)14-6-5-13-10-15(18-3)8-7-12(13)9-14/h5-11,16H,4H2,1-3H3. The van der Waals surface area contributed by atoms with E-state index in [1.165, 1.54) is 22.8 Å². The number of rotatable bonds is 4. The molecule has 0 fully saturated rings. The van der Waals surface area contributed by atoms with Gasteiger partial charge in [-0.05, 0) is 34.4 Å². The molecule has 0 aliphatic rings. The van der Waals surface area contributed by atoms with Gasteiger partial charge in [-0.2, -0.15) is 0 Å². The summed E-state index contributed by atoms with van der Waals surface area (Å²) in [5.41, 5.74) is 1.35. The SMILES string of the molecule is CCC(C)C(Br)c1ccc2cc(OC)ccc2c1. The van der Waals surface area contributed by atoms with E-state index in [0.29, 0.717) is 10.7 Å². The summed E-state index contributed by atoms with van der Waals surface area (Å²) in [6.45, 7) is 4.50. The first-order valence-corrected chi connectivity index (χ1v) is 7.29. The molecule has 0 spiro atoms. The number of ether oxygens (including phenoxy) is 1. The molecule has 0 heterocycles. The largest absolute Gasteiger partial charge is 0.497 e. The van der Waals surface area contributed by atoms with Gasteiger partial charge in [0, 0.05) is 4.83 Å². The maximum absolute atomic E-state index is 5.25. The molecule has 2 aromatic carbocycles. The van der Waals surface area contributed by atoms with Crippen LogP contribution in [0.3, 0.4) is 0 Å². The smallest absolute Gasteiger partial charge is 0.119 e. The molecule has 0 aliphatic carbocycles. The van der Waals surface area contributed by atoms with Crippen LogP contribution in [-0.2, 0) is 0 Å². The van der Waals surface area contributed by atoms with Gasteiger partial charge in [0.2, 0.25) is 0 Å². The number of fused-ring (bicyclic) bond motifs is 1. The Morgan fingerprint density at radius 1 is 1.11 bits per heavy atom. The fourth-order valence-corrected chi connectivity index (χ4v) is 2.73. The highest BCUT2D eigenvalue weighted by Crippen LogP contribution is 2.34. The van der Waals surface area contributed by atoms with Crippen LogP contribution in [0, 0.1) is 5.92 Å². The minimum absolute atomic E-state index is 0.425. The van der Waals surface area contributed by atoms with Crippen molar-refractivity contribution in [1.82, 2.24) is 0 Å². The molecule has 0 N–H and O–H groups in total. The Morgan fingerprint density at radius 2 is 1.78 bits per heavy atom. The van der Waals surface area contributed by atoms with E-state index < -0.39 is 0 Å². The Hall–Kier alpha value is -1.02. The van der Waals surface area contributed by atoms with Gasteiger partial charge in [0.1, 0.15) is 5.75 Å². The second kappa shape index (κ2) is 5.75. The first kappa shape index (κ1) is 13.4. The van der Waals surface area contributed by atoms with Crippen molar-refractivity contribution < 1.29 is 4.74 Å². The number of halogens is 1. The van der Waals surface area contributed by atoms with Crippen LogP contribution < -0.4 is 4.74 Å². The van der Waals surface area contributed by atoms with Crippen molar-refractivity contribution in [2.24, 2.45) is 5.92 Å². The van der Waals surface area contributed by atoms with Gasteiger partial charge in [0.15, 0.2) is 0 Å². The Bertz CT molecular complexity index is 536. The molecule has 96 valence electrons. The highest BCUT2D eigenvalue weighted by atomic mass is 79.9. The van der Waals surface area contributed by atoms with Crippen LogP contribution in [0.4, 0.5) is 0 Å². The third-order valence-corrected chi connectivity index (χ3v) is 4.96. The van der Waals surface area contributed by atoms with E-state index in [4.69, 9.17) is 4.74 Å². The third-order valence-electron chi connectivity index (χ3n) is 3.53. The Labute approximate surface area is 117 Å². The van der Waals surface area contributed by atoms with Crippen molar-refractivity contribution in [2.75, 3.05) is 7.11 Å². The Balaban J connectivity index is 2.38. The first-order chi connectivity index (χ1) is 8.65. The highest BCUT2D eigenvalue weighted by molar-refractivity contribution is 9.09. The van der Waals surface area contributed by atoms with E-state index in [-0.39, 0.29) is 0 Å². The van der Waals surface area contributed by atoms with E-state index in [1.807, 2.05) is 6.07 Å². The topological polar surface area (TPSA) is 9.23 Å². The summed E-state index contributed by atoms with van der Waals surface area (Å²) in [6, 6.07) is 12.8. The van der Waals surface area contributed by atoms with Gasteiger partial charge in [0.25, 0.3) is 0 Å². The monoisotopic (exact) mass is 306 g/mol. The Kier molecular flexibility index (Phi) is 4.28. The molecule has 0 saturated heterocycles. The molecular formula is C16H19BrO. The zero-order valence-electron chi connectivity index (χ0n) is 11.1. The number of alkyl halides is 1. The number of hydrogen-bond donors (Lipinski definition) is 0. The maximum atomic E-state index is 5.25. The van der Waals surface area contributed by atoms with Crippen LogP contribution in [0.15, 0.2) is 36.4 Å². The quantitative estimate of drug-likeness (QED) is 0.694. The molecule has 2 unspecified atom stereocenters. The van der Waals surface area contributed by atoms with Crippen LogP contribution >= 0.6 is 15.9 Å². The van der Waals surface area contributed by atoms with Gasteiger partial charge < -0.3 is 4.74 Å². The van der Waals surface area contributed by atoms with E-state index in [1.54, 1.807) is 7.11 Å². The second-order valence-electron chi connectivity index (χ2n) is 4.76. The average Bonchev–Trinajstić information content (AvgIpc) is 2.44. The maximum Gasteiger partial charge on any atom is 0.119 e. The summed E-state index contributed by atoms with van der Waals surface area (Å²) in [6.07, 6.45) is 1.18. The zero-order valence-corrected chi connectivity index (χ0v) is 12.7. The molecule has 2 rings (SSSR count). The molecular weight excluding hydrogens is 288 g/mol. The highest BCUT2D eigenvalue weighted by Gasteiger charge is 2.14. The second-order valence-corrected chi connectivity index (χ2v) is 5.75. The zero-order chi connectivity index (χ0) is 13.1. The molecule has 2 atom stereocenters. The minimum Gasteiger partial charge on any atom is -0.497 e. The summed E-state index contributed by atoms with van der Waals surface area (Å²) in [5.74, 6) is 1.55. The van der Waals surface area contributed by atoms with Crippen LogP contribution in [0.1, 0.15) is 30.7 Å². The normalized spacial score (nSPS) is 14.4. The molecule has 0 saturated carbocycles. The molecule has 2 aromatic rings. The van der Waals surface area contributed by atoms with E-state index >= 15 is 0 Å². The number of benzene rings is 2. The minimum atomic E-state index is 0.425. The van der Waals surface area contributed by atoms with Crippen molar-refractivity contribution in [3.05, 3.63) is 42.0 Å². The van der Waals surface area contributed by atoms with E-state index in [9.17, 15) is 0 Å². The first-order valence-electron chi connectivity index (χ1n) is 6.37. The lowest BCUT2D eigenvalue weighted by Crippen LogP contribution is -2.01. The molecule has 0 radical (unpaired) electrons. The van der Waals surface area contributed by atoms with Crippen molar-refractivity contribution in [2.45, 2.75) is 25.1 Å². The third kappa shape index (κ3) is 2.69. The van der Waals surface area contributed by atoms with E-state index in [2.05, 4.69) is 60.1 Å². The van der Waals surface area contributed by atoms with Crippen molar-refractivity contribution in [3.63, 3.8) is 0 Å². The molecule has 1 nitrogen and oxygen atoms in total. The van der Waals surface area contributed by atoms with Crippen LogP contribution in [0.25, 0.3) is 10.8 Å². The van der Waals surface area contributed by atoms with Crippen LogP contribution in [0.2, 0.25) is 0 Å². The summed E-state index contributed by atoms with van der Waals surface area (Å²) in [7, 11) is 1.70. The van der Waals surface area contributed by atoms with Crippen LogP contribution in [-0.4, -0.2) is 7.11 Å². The molecule has 0 aliphatic heterocycles. The summed E-state index contributed by atoms with van der Waals surface area (Å²) < 4.78 is 5.25. The molecule has 0 bridgehead atoms. The predicted octanol–water partition coefficient (Wildman–Crippen LogP) is 5.33. The molecule has 2 heteroatoms. The van der Waals surface area contributed by atoms with Gasteiger partial charge in [-0.1, -0.05) is 60.5 Å². The predicted molar refractivity (Wildman–Crippen MR) is 81.6 cm³/mol. The molecule has 0 aromatic heterocycles. The van der Waals surface area contributed by atoms with Gasteiger partial charge in [-0.3, -0.25) is 0 Å². The fourth-order valence-electron chi connectivity index (χ4n) is 2.08. The summed E-state index contributed by atoms with van der Waals surface area (Å²) >= 11 is 3.80.